The quantitative estimate of drug-likeness (QED) is 0.352. The summed E-state index contributed by atoms with van der Waals surface area (Å²) in [6.45, 7) is 1.31. The summed E-state index contributed by atoms with van der Waals surface area (Å²) in [5.41, 5.74) is 3.46. The van der Waals surface area contributed by atoms with E-state index in [1.165, 1.54) is 25.5 Å². The van der Waals surface area contributed by atoms with Crippen LogP contribution in [0.25, 0.3) is 0 Å². The molecule has 0 saturated heterocycles. The van der Waals surface area contributed by atoms with E-state index in [9.17, 15) is 14.9 Å². The molecule has 2 aromatic rings. The number of nitro groups is 1. The topological polar surface area (TPSA) is 103 Å². The van der Waals surface area contributed by atoms with Crippen LogP contribution < -0.4 is 14.9 Å². The smallest absolute Gasteiger partial charge is 0.311 e. The molecular formula is C17H15Br2N3O5. The number of amides is 1. The van der Waals surface area contributed by atoms with E-state index in [4.69, 9.17) is 9.47 Å². The van der Waals surface area contributed by atoms with Gasteiger partial charge in [-0.05, 0) is 46.6 Å². The van der Waals surface area contributed by atoms with Crippen LogP contribution in [0, 0.1) is 17.0 Å². The van der Waals surface area contributed by atoms with Gasteiger partial charge in [0, 0.05) is 16.1 Å². The summed E-state index contributed by atoms with van der Waals surface area (Å²) in [6.07, 6.45) is 1.42. The van der Waals surface area contributed by atoms with E-state index in [1.807, 2.05) is 6.07 Å². The Morgan fingerprint density at radius 3 is 2.74 bits per heavy atom. The molecule has 142 valence electrons. The minimum absolute atomic E-state index is 0.0160. The molecule has 0 atom stereocenters. The minimum atomic E-state index is -0.561. The number of methoxy groups -OCH3 is 1. The van der Waals surface area contributed by atoms with Gasteiger partial charge in [-0.3, -0.25) is 14.9 Å². The van der Waals surface area contributed by atoms with Crippen molar-refractivity contribution in [1.29, 1.82) is 0 Å². The molecule has 1 amide bonds. The van der Waals surface area contributed by atoms with Crippen LogP contribution in [0.4, 0.5) is 5.69 Å². The van der Waals surface area contributed by atoms with E-state index in [0.29, 0.717) is 11.3 Å². The summed E-state index contributed by atoms with van der Waals surface area (Å²) in [6, 6.07) is 8.08. The fraction of sp³-hybridized carbons (Fsp3) is 0.176. The maximum absolute atomic E-state index is 11.9. The van der Waals surface area contributed by atoms with Crippen molar-refractivity contribution >= 4 is 49.7 Å². The van der Waals surface area contributed by atoms with Gasteiger partial charge in [0.15, 0.2) is 12.4 Å². The van der Waals surface area contributed by atoms with E-state index < -0.39 is 17.4 Å². The number of benzene rings is 2. The summed E-state index contributed by atoms with van der Waals surface area (Å²) in [5.74, 6) is 0.0131. The molecule has 0 aliphatic carbocycles. The highest BCUT2D eigenvalue weighted by Crippen LogP contribution is 2.31. The van der Waals surface area contributed by atoms with Gasteiger partial charge in [0.1, 0.15) is 5.75 Å². The second kappa shape index (κ2) is 9.47. The van der Waals surface area contributed by atoms with Crippen LogP contribution in [-0.4, -0.2) is 30.8 Å². The van der Waals surface area contributed by atoms with Crippen molar-refractivity contribution in [3.05, 3.63) is 60.5 Å². The molecule has 1 N–H and O–H groups in total. The predicted molar refractivity (Wildman–Crippen MR) is 107 cm³/mol. The molecule has 10 heteroatoms. The van der Waals surface area contributed by atoms with Crippen molar-refractivity contribution in [2.75, 3.05) is 13.7 Å². The molecule has 0 saturated carbocycles. The molecule has 0 heterocycles. The van der Waals surface area contributed by atoms with Crippen LogP contribution in [0.1, 0.15) is 11.1 Å². The number of nitro benzene ring substituents is 1. The first kappa shape index (κ1) is 20.8. The fourth-order valence-electron chi connectivity index (χ4n) is 2.13. The lowest BCUT2D eigenvalue weighted by Gasteiger charge is -2.08. The standard InChI is InChI=1S/C17H15Br2N3O5/c1-10-3-4-15(14(5-10)22(24)25)27-9-16(23)21-20-8-11-6-12(18)7-13(19)17(11)26-2/h3-8H,9H2,1-2H3,(H,21,23)/b20-8+. The second-order valence-electron chi connectivity index (χ2n) is 5.32. The average molecular weight is 501 g/mol. The summed E-state index contributed by atoms with van der Waals surface area (Å²) in [4.78, 5) is 22.4. The van der Waals surface area contributed by atoms with E-state index in [2.05, 4.69) is 42.4 Å². The molecule has 0 fully saturated rings. The number of carbonyl (C=O) groups is 1. The van der Waals surface area contributed by atoms with Gasteiger partial charge in [0.25, 0.3) is 5.91 Å². The zero-order valence-electron chi connectivity index (χ0n) is 14.4. The van der Waals surface area contributed by atoms with Crippen LogP contribution in [-0.2, 0) is 4.79 Å². The number of nitrogens with zero attached hydrogens (tertiary/aromatic N) is 2. The number of halogens is 2. The highest BCUT2D eigenvalue weighted by molar-refractivity contribution is 9.11. The van der Waals surface area contributed by atoms with E-state index >= 15 is 0 Å². The summed E-state index contributed by atoms with van der Waals surface area (Å²) in [7, 11) is 1.52. The maximum Gasteiger partial charge on any atom is 0.311 e. The van der Waals surface area contributed by atoms with Gasteiger partial charge in [0.2, 0.25) is 0 Å². The van der Waals surface area contributed by atoms with Crippen LogP contribution in [0.5, 0.6) is 11.5 Å². The van der Waals surface area contributed by atoms with Crippen LogP contribution in [0.2, 0.25) is 0 Å². The molecule has 0 aliphatic rings. The second-order valence-corrected chi connectivity index (χ2v) is 7.09. The SMILES string of the molecule is COc1c(Br)cc(Br)cc1/C=N/NC(=O)COc1ccc(C)cc1[N+](=O)[O-]. The third-order valence-electron chi connectivity index (χ3n) is 3.30. The fourth-order valence-corrected chi connectivity index (χ4v) is 3.55. The molecule has 2 aromatic carbocycles. The number of ether oxygens (including phenoxy) is 2. The van der Waals surface area contributed by atoms with Gasteiger partial charge < -0.3 is 9.47 Å². The van der Waals surface area contributed by atoms with Gasteiger partial charge in [0.05, 0.1) is 22.7 Å². The molecule has 8 nitrogen and oxygen atoms in total. The Hall–Kier alpha value is -2.46. The minimum Gasteiger partial charge on any atom is -0.495 e. The molecule has 0 bridgehead atoms. The summed E-state index contributed by atoms with van der Waals surface area (Å²) in [5, 5.41) is 14.9. The van der Waals surface area contributed by atoms with Crippen molar-refractivity contribution < 1.29 is 19.2 Å². The van der Waals surface area contributed by atoms with Crippen LogP contribution >= 0.6 is 31.9 Å². The van der Waals surface area contributed by atoms with Gasteiger partial charge in [-0.2, -0.15) is 5.10 Å². The number of hydrogen-bond donors (Lipinski definition) is 1. The average Bonchev–Trinajstić information content (AvgIpc) is 2.60. The number of rotatable bonds is 7. The third kappa shape index (κ3) is 5.76. The van der Waals surface area contributed by atoms with Gasteiger partial charge in [-0.25, -0.2) is 5.43 Å². The normalized spacial score (nSPS) is 10.7. The Morgan fingerprint density at radius 1 is 1.33 bits per heavy atom. The first-order chi connectivity index (χ1) is 12.8. The molecule has 0 spiro atoms. The molecule has 0 aromatic heterocycles. The molecule has 27 heavy (non-hydrogen) atoms. The van der Waals surface area contributed by atoms with Crippen LogP contribution in [0.3, 0.4) is 0 Å². The molecule has 0 aliphatic heterocycles. The first-order valence-electron chi connectivity index (χ1n) is 7.54. The highest BCUT2D eigenvalue weighted by Gasteiger charge is 2.16. The van der Waals surface area contributed by atoms with Gasteiger partial charge in [-0.1, -0.05) is 22.0 Å². The molecule has 0 radical (unpaired) electrons. The molecule has 2 rings (SSSR count). The Morgan fingerprint density at radius 2 is 2.07 bits per heavy atom. The van der Waals surface area contributed by atoms with E-state index in [1.54, 1.807) is 19.1 Å². The number of aryl methyl sites for hydroxylation is 1. The Labute approximate surface area is 172 Å². The summed E-state index contributed by atoms with van der Waals surface area (Å²) >= 11 is 6.74. The Bertz CT molecular complexity index is 902. The third-order valence-corrected chi connectivity index (χ3v) is 4.35. The van der Waals surface area contributed by atoms with Crippen molar-refractivity contribution in [3.63, 3.8) is 0 Å². The number of carbonyl (C=O) groups excluding carboxylic acids is 1. The zero-order chi connectivity index (χ0) is 20.0. The number of nitrogens with one attached hydrogen (secondary N) is 1. The molecule has 0 unspecified atom stereocenters. The van der Waals surface area contributed by atoms with Crippen LogP contribution in [0.15, 0.2) is 44.4 Å². The zero-order valence-corrected chi connectivity index (χ0v) is 17.5. The lowest BCUT2D eigenvalue weighted by molar-refractivity contribution is -0.385. The highest BCUT2D eigenvalue weighted by atomic mass is 79.9. The Kier molecular flexibility index (Phi) is 7.31. The molecular weight excluding hydrogens is 486 g/mol. The van der Waals surface area contributed by atoms with Crippen molar-refractivity contribution in [1.82, 2.24) is 5.43 Å². The Balaban J connectivity index is 2.00. The lowest BCUT2D eigenvalue weighted by atomic mass is 10.2. The monoisotopic (exact) mass is 499 g/mol. The first-order valence-corrected chi connectivity index (χ1v) is 9.13. The van der Waals surface area contributed by atoms with E-state index in [-0.39, 0.29) is 11.4 Å². The summed E-state index contributed by atoms with van der Waals surface area (Å²) < 4.78 is 12.0. The number of hydrazone groups is 1. The van der Waals surface area contributed by atoms with Crippen molar-refractivity contribution in [3.8, 4) is 11.5 Å². The largest absolute Gasteiger partial charge is 0.495 e. The lowest BCUT2D eigenvalue weighted by Crippen LogP contribution is -2.24. The van der Waals surface area contributed by atoms with Gasteiger partial charge >= 0.3 is 5.69 Å². The van der Waals surface area contributed by atoms with Crippen molar-refractivity contribution in [2.24, 2.45) is 5.10 Å². The van der Waals surface area contributed by atoms with E-state index in [0.717, 1.165) is 14.5 Å². The number of hydrogen-bond acceptors (Lipinski definition) is 6. The maximum atomic E-state index is 11.9. The van der Waals surface area contributed by atoms with Gasteiger partial charge in [-0.15, -0.1) is 0 Å². The predicted octanol–water partition coefficient (Wildman–Crippen LogP) is 3.97. The van der Waals surface area contributed by atoms with Crippen molar-refractivity contribution in [2.45, 2.75) is 6.92 Å².